The Morgan fingerprint density at radius 2 is 1.12 bits per heavy atom. The van der Waals surface area contributed by atoms with Crippen LogP contribution in [-0.4, -0.2) is 57.4 Å². The first-order chi connectivity index (χ1) is 19.7. The maximum atomic E-state index is 6.46. The van der Waals surface area contributed by atoms with Crippen molar-refractivity contribution in [2.45, 2.75) is 37.8 Å². The maximum Gasteiger partial charge on any atom is 0.169 e. The molecule has 0 fully saturated rings. The highest BCUT2D eigenvalue weighted by Crippen LogP contribution is 2.39. The molecule has 0 bridgehead atoms. The summed E-state index contributed by atoms with van der Waals surface area (Å²) in [4.78, 5) is 0. The van der Waals surface area contributed by atoms with Crippen LogP contribution in [0.4, 0.5) is 0 Å². The number of ether oxygens (including phenoxy) is 2. The Balaban J connectivity index is 1.21. The first-order valence-corrected chi connectivity index (χ1v) is 15.0. The minimum Gasteiger partial charge on any atom is -0.493 e. The molecule has 0 amide bonds. The van der Waals surface area contributed by atoms with Gasteiger partial charge in [-0.3, -0.25) is 0 Å². The average Bonchev–Trinajstić information content (AvgIpc) is 2.97. The molecule has 4 heteroatoms. The topological polar surface area (TPSA) is 18.5 Å². The number of likely N-dealkylation sites (N-methyl/N-ethyl adjacent to an activating group) is 2. The number of benzene rings is 4. The molecule has 0 unspecified atom stereocenters. The van der Waals surface area contributed by atoms with Gasteiger partial charge in [0.15, 0.2) is 11.5 Å². The highest BCUT2D eigenvalue weighted by atomic mass is 16.5. The van der Waals surface area contributed by atoms with Gasteiger partial charge in [-0.15, -0.1) is 0 Å². The molecule has 212 valence electrons. The van der Waals surface area contributed by atoms with Crippen LogP contribution in [-0.2, 0) is 25.7 Å². The summed E-state index contributed by atoms with van der Waals surface area (Å²) in [6.07, 6.45) is 4.26. The highest BCUT2D eigenvalue weighted by molar-refractivity contribution is 5.46. The molecule has 0 saturated carbocycles. The second-order valence-electron chi connectivity index (χ2n) is 13.1. The third-order valence-electron chi connectivity index (χ3n) is 9.67. The fourth-order valence-electron chi connectivity index (χ4n) is 6.96. The van der Waals surface area contributed by atoms with Gasteiger partial charge >= 0.3 is 0 Å². The number of quaternary nitrogens is 2. The number of hydrogen-bond donors (Lipinski definition) is 0. The van der Waals surface area contributed by atoms with Gasteiger partial charge in [-0.25, -0.2) is 0 Å². The Morgan fingerprint density at radius 1 is 0.610 bits per heavy atom. The van der Waals surface area contributed by atoms with Gasteiger partial charge in [0.25, 0.3) is 0 Å². The van der Waals surface area contributed by atoms with Crippen molar-refractivity contribution in [3.63, 3.8) is 0 Å². The van der Waals surface area contributed by atoms with Crippen LogP contribution in [0.1, 0.15) is 45.5 Å². The van der Waals surface area contributed by atoms with Gasteiger partial charge in [0.2, 0.25) is 0 Å². The number of rotatable bonds is 7. The lowest BCUT2D eigenvalue weighted by atomic mass is 9.87. The molecule has 0 spiro atoms. The van der Waals surface area contributed by atoms with E-state index >= 15 is 0 Å². The molecule has 4 aromatic rings. The Kier molecular flexibility index (Phi) is 7.39. The van der Waals surface area contributed by atoms with Gasteiger partial charge < -0.3 is 18.4 Å². The van der Waals surface area contributed by atoms with E-state index in [0.717, 1.165) is 58.4 Å². The summed E-state index contributed by atoms with van der Waals surface area (Å²) >= 11 is 0. The Morgan fingerprint density at radius 3 is 1.68 bits per heavy atom. The molecule has 41 heavy (non-hydrogen) atoms. The Labute approximate surface area is 246 Å². The van der Waals surface area contributed by atoms with Gasteiger partial charge in [0.1, 0.15) is 17.8 Å². The van der Waals surface area contributed by atoms with Gasteiger partial charge in [-0.2, -0.15) is 0 Å². The van der Waals surface area contributed by atoms with Crippen LogP contribution in [0.3, 0.4) is 0 Å². The van der Waals surface area contributed by atoms with E-state index in [-0.39, 0.29) is 0 Å². The molecule has 4 nitrogen and oxygen atoms in total. The quantitative estimate of drug-likeness (QED) is 0.225. The van der Waals surface area contributed by atoms with E-state index in [1.54, 1.807) is 7.11 Å². The van der Waals surface area contributed by atoms with Gasteiger partial charge in [-0.05, 0) is 46.5 Å². The van der Waals surface area contributed by atoms with Crippen LogP contribution in [0.5, 0.6) is 17.2 Å². The van der Waals surface area contributed by atoms with Crippen molar-refractivity contribution in [1.29, 1.82) is 0 Å². The van der Waals surface area contributed by atoms with E-state index in [4.69, 9.17) is 9.47 Å². The normalized spacial score (nSPS) is 20.5. The largest absolute Gasteiger partial charge is 0.493 e. The minimum atomic E-state index is 0.410. The van der Waals surface area contributed by atoms with Crippen molar-refractivity contribution in [2.75, 3.05) is 48.4 Å². The van der Waals surface area contributed by atoms with Gasteiger partial charge in [0.05, 0.1) is 48.4 Å². The van der Waals surface area contributed by atoms with E-state index in [1.165, 1.54) is 39.9 Å². The summed E-state index contributed by atoms with van der Waals surface area (Å²) in [5.74, 6) is 2.36. The smallest absolute Gasteiger partial charge is 0.169 e. The van der Waals surface area contributed by atoms with Crippen LogP contribution in [0.25, 0.3) is 0 Å². The van der Waals surface area contributed by atoms with Crippen molar-refractivity contribution in [3.8, 4) is 17.2 Å². The molecule has 2 aliphatic rings. The Bertz CT molecular complexity index is 1520. The molecule has 6 rings (SSSR count). The van der Waals surface area contributed by atoms with E-state index in [2.05, 4.69) is 113 Å². The zero-order chi connectivity index (χ0) is 28.6. The maximum absolute atomic E-state index is 6.46. The van der Waals surface area contributed by atoms with E-state index in [1.807, 2.05) is 6.07 Å². The SMILES string of the molecule is COc1ccc(C[C@H]2c3ccccc3CC[N+]2(C)C)cc1Oc1ccc(C[C@H]2c3ccccc3CC[N+]2(C)C)cc1. The third kappa shape index (κ3) is 5.64. The van der Waals surface area contributed by atoms with Crippen molar-refractivity contribution in [1.82, 2.24) is 0 Å². The standard InChI is InChI=1S/C37H44N2O2/c1-38(2)22-20-29-10-6-8-12-32(29)34(38)24-27-14-17-31(18-15-27)41-37-26-28(16-19-36(37)40-5)25-35-33-13-9-7-11-30(33)21-23-39(35,3)4/h6-19,26,34-35H,20-25H2,1-5H3/q+2/t34-,35-/m0/s1. The fraction of sp³-hybridized carbons (Fsp3) is 0.351. The van der Waals surface area contributed by atoms with Crippen molar-refractivity contribution < 1.29 is 18.4 Å². The van der Waals surface area contributed by atoms with Crippen LogP contribution in [0.2, 0.25) is 0 Å². The molecular weight excluding hydrogens is 504 g/mol. The summed E-state index contributed by atoms with van der Waals surface area (Å²) in [5.41, 5.74) is 8.55. The molecule has 0 saturated heterocycles. The van der Waals surface area contributed by atoms with Crippen LogP contribution in [0.15, 0.2) is 91.0 Å². The second kappa shape index (κ2) is 11.0. The first kappa shape index (κ1) is 27.6. The monoisotopic (exact) mass is 548 g/mol. The summed E-state index contributed by atoms with van der Waals surface area (Å²) in [5, 5.41) is 0. The molecule has 2 aliphatic heterocycles. The lowest BCUT2D eigenvalue weighted by molar-refractivity contribution is -0.923. The molecule has 0 N–H and O–H groups in total. The highest BCUT2D eigenvalue weighted by Gasteiger charge is 2.36. The molecule has 4 aromatic carbocycles. The van der Waals surface area contributed by atoms with Crippen LogP contribution < -0.4 is 9.47 Å². The second-order valence-corrected chi connectivity index (χ2v) is 13.1. The number of nitrogens with zero attached hydrogens (tertiary/aromatic N) is 2. The zero-order valence-electron chi connectivity index (χ0n) is 25.3. The first-order valence-electron chi connectivity index (χ1n) is 15.0. The number of hydrogen-bond acceptors (Lipinski definition) is 2. The summed E-state index contributed by atoms with van der Waals surface area (Å²) in [7, 11) is 11.2. The van der Waals surface area contributed by atoms with Crippen molar-refractivity contribution in [3.05, 3.63) is 124 Å². The van der Waals surface area contributed by atoms with E-state index < -0.39 is 0 Å². The van der Waals surface area contributed by atoms with E-state index in [9.17, 15) is 0 Å². The van der Waals surface area contributed by atoms with Crippen LogP contribution >= 0.6 is 0 Å². The molecular formula is C37H44N2O2+2. The predicted molar refractivity (Wildman–Crippen MR) is 167 cm³/mol. The molecule has 0 radical (unpaired) electrons. The summed E-state index contributed by atoms with van der Waals surface area (Å²) in [6, 6.07) is 33.9. The lowest BCUT2D eigenvalue weighted by Gasteiger charge is -2.43. The predicted octanol–water partition coefficient (Wildman–Crippen LogP) is 7.32. The lowest BCUT2D eigenvalue weighted by Crippen LogP contribution is -2.48. The van der Waals surface area contributed by atoms with Crippen molar-refractivity contribution >= 4 is 0 Å². The Hall–Kier alpha value is -3.60. The van der Waals surface area contributed by atoms with Gasteiger partial charge in [-0.1, -0.05) is 66.7 Å². The number of methoxy groups -OCH3 is 1. The van der Waals surface area contributed by atoms with Gasteiger partial charge in [0, 0.05) is 36.8 Å². The van der Waals surface area contributed by atoms with Crippen LogP contribution in [0, 0.1) is 0 Å². The van der Waals surface area contributed by atoms with Crippen molar-refractivity contribution in [2.24, 2.45) is 0 Å². The third-order valence-corrected chi connectivity index (χ3v) is 9.67. The molecule has 0 aromatic heterocycles. The minimum absolute atomic E-state index is 0.410. The summed E-state index contributed by atoms with van der Waals surface area (Å²) in [6.45, 7) is 2.32. The zero-order valence-corrected chi connectivity index (χ0v) is 25.3. The number of fused-ring (bicyclic) bond motifs is 2. The molecule has 0 aliphatic carbocycles. The average molecular weight is 549 g/mol. The summed E-state index contributed by atoms with van der Waals surface area (Å²) < 4.78 is 14.2. The molecule has 2 heterocycles. The molecule has 2 atom stereocenters. The van der Waals surface area contributed by atoms with E-state index in [0.29, 0.717) is 12.1 Å². The fourth-order valence-corrected chi connectivity index (χ4v) is 6.96.